The second kappa shape index (κ2) is 6.42. The van der Waals surface area contributed by atoms with Crippen molar-refractivity contribution in [1.29, 1.82) is 0 Å². The molecule has 90 valence electrons. The average Bonchev–Trinajstić information content (AvgIpc) is 2.85. The summed E-state index contributed by atoms with van der Waals surface area (Å²) >= 11 is 1.73. The third-order valence-corrected chi connectivity index (χ3v) is 3.35. The lowest BCUT2D eigenvalue weighted by molar-refractivity contribution is 0.319. The van der Waals surface area contributed by atoms with Gasteiger partial charge in [-0.2, -0.15) is 11.3 Å². The van der Waals surface area contributed by atoms with E-state index < -0.39 is 0 Å². The van der Waals surface area contributed by atoms with E-state index in [9.17, 15) is 0 Å². The topological polar surface area (TPSA) is 35.2 Å². The Balaban J connectivity index is 1.89. The van der Waals surface area contributed by atoms with Gasteiger partial charge in [0.2, 0.25) is 0 Å². The van der Waals surface area contributed by atoms with Crippen LogP contribution in [0.3, 0.4) is 0 Å². The van der Waals surface area contributed by atoms with Gasteiger partial charge in [-0.1, -0.05) is 18.2 Å². The maximum atomic E-state index is 5.81. The molecule has 0 spiro atoms. The minimum Gasteiger partial charge on any atom is -0.493 e. The number of hydrogen-bond acceptors (Lipinski definition) is 3. The summed E-state index contributed by atoms with van der Waals surface area (Å²) in [6.07, 6.45) is 1.83. The molecule has 0 aliphatic heterocycles. The lowest BCUT2D eigenvalue weighted by atomic mass is 10.1. The lowest BCUT2D eigenvalue weighted by Gasteiger charge is -2.10. The zero-order valence-electron chi connectivity index (χ0n) is 9.76. The Morgan fingerprint density at radius 3 is 2.76 bits per heavy atom. The molecule has 17 heavy (non-hydrogen) atoms. The van der Waals surface area contributed by atoms with Crippen molar-refractivity contribution in [3.63, 3.8) is 0 Å². The van der Waals surface area contributed by atoms with Gasteiger partial charge in [0.15, 0.2) is 0 Å². The van der Waals surface area contributed by atoms with Crippen molar-refractivity contribution < 1.29 is 4.74 Å². The van der Waals surface area contributed by atoms with Gasteiger partial charge in [0, 0.05) is 6.42 Å². The normalized spacial score (nSPS) is 10.4. The van der Waals surface area contributed by atoms with Crippen molar-refractivity contribution in [3.8, 4) is 5.75 Å². The van der Waals surface area contributed by atoms with Crippen LogP contribution in [0.25, 0.3) is 0 Å². The molecule has 0 atom stereocenters. The molecule has 0 amide bonds. The third kappa shape index (κ3) is 3.58. The van der Waals surface area contributed by atoms with E-state index in [0.717, 1.165) is 25.2 Å². The number of para-hydroxylation sites is 1. The standard InChI is InChI=1S/C14H17NOS/c15-8-5-13-3-1-2-4-14(13)16-9-6-12-7-10-17-11-12/h1-4,7,10-11H,5-6,8-9,15H2. The first-order valence-corrected chi connectivity index (χ1v) is 6.76. The molecule has 2 nitrogen and oxygen atoms in total. The van der Waals surface area contributed by atoms with Gasteiger partial charge in [0.25, 0.3) is 0 Å². The number of rotatable bonds is 6. The predicted octanol–water partition coefficient (Wildman–Crippen LogP) is 2.87. The van der Waals surface area contributed by atoms with Gasteiger partial charge in [-0.3, -0.25) is 0 Å². The van der Waals surface area contributed by atoms with Crippen molar-refractivity contribution in [2.24, 2.45) is 5.73 Å². The van der Waals surface area contributed by atoms with Gasteiger partial charge in [0.1, 0.15) is 5.75 Å². The fourth-order valence-electron chi connectivity index (χ4n) is 1.72. The van der Waals surface area contributed by atoms with Crippen LogP contribution in [0.4, 0.5) is 0 Å². The summed E-state index contributed by atoms with van der Waals surface area (Å²) in [4.78, 5) is 0. The zero-order valence-corrected chi connectivity index (χ0v) is 10.6. The lowest BCUT2D eigenvalue weighted by Crippen LogP contribution is -2.07. The molecule has 3 heteroatoms. The highest BCUT2D eigenvalue weighted by Crippen LogP contribution is 2.18. The largest absolute Gasteiger partial charge is 0.493 e. The number of benzene rings is 1. The number of thiophene rings is 1. The minimum atomic E-state index is 0.658. The summed E-state index contributed by atoms with van der Waals surface area (Å²) in [6.45, 7) is 1.38. The Bertz CT molecular complexity index is 439. The Labute approximate surface area is 106 Å². The highest BCUT2D eigenvalue weighted by Gasteiger charge is 2.02. The Hall–Kier alpha value is -1.32. The van der Waals surface area contributed by atoms with E-state index in [1.165, 1.54) is 11.1 Å². The molecule has 0 aliphatic rings. The van der Waals surface area contributed by atoms with Crippen molar-refractivity contribution >= 4 is 11.3 Å². The first-order chi connectivity index (χ1) is 8.40. The molecule has 0 saturated heterocycles. The minimum absolute atomic E-state index is 0.658. The molecule has 0 radical (unpaired) electrons. The van der Waals surface area contributed by atoms with Gasteiger partial charge in [0.05, 0.1) is 6.61 Å². The molecule has 1 aromatic heterocycles. The number of hydrogen-bond donors (Lipinski definition) is 1. The molecule has 0 fully saturated rings. The van der Waals surface area contributed by atoms with Gasteiger partial charge in [-0.15, -0.1) is 0 Å². The third-order valence-electron chi connectivity index (χ3n) is 2.61. The van der Waals surface area contributed by atoms with E-state index >= 15 is 0 Å². The van der Waals surface area contributed by atoms with Crippen LogP contribution >= 0.6 is 11.3 Å². The van der Waals surface area contributed by atoms with E-state index in [1.807, 2.05) is 18.2 Å². The Morgan fingerprint density at radius 2 is 2.00 bits per heavy atom. The molecular weight excluding hydrogens is 230 g/mol. The van der Waals surface area contributed by atoms with E-state index in [4.69, 9.17) is 10.5 Å². The van der Waals surface area contributed by atoms with E-state index in [1.54, 1.807) is 11.3 Å². The van der Waals surface area contributed by atoms with E-state index in [2.05, 4.69) is 22.9 Å². The van der Waals surface area contributed by atoms with Crippen LogP contribution in [0, 0.1) is 0 Å². The monoisotopic (exact) mass is 247 g/mol. The molecule has 1 heterocycles. The Morgan fingerprint density at radius 1 is 1.12 bits per heavy atom. The van der Waals surface area contributed by atoms with Crippen molar-refractivity contribution in [2.75, 3.05) is 13.2 Å². The highest BCUT2D eigenvalue weighted by molar-refractivity contribution is 7.07. The summed E-state index contributed by atoms with van der Waals surface area (Å²) in [6, 6.07) is 10.3. The van der Waals surface area contributed by atoms with Crippen LogP contribution in [0.5, 0.6) is 5.75 Å². The maximum Gasteiger partial charge on any atom is 0.122 e. The van der Waals surface area contributed by atoms with Gasteiger partial charge in [-0.05, 0) is 47.0 Å². The summed E-state index contributed by atoms with van der Waals surface area (Å²) in [7, 11) is 0. The first-order valence-electron chi connectivity index (χ1n) is 5.82. The molecule has 2 aromatic rings. The summed E-state index contributed by atoms with van der Waals surface area (Å²) in [5.74, 6) is 0.966. The van der Waals surface area contributed by atoms with Crippen LogP contribution in [0.1, 0.15) is 11.1 Å². The van der Waals surface area contributed by atoms with Gasteiger partial charge >= 0.3 is 0 Å². The molecule has 0 unspecified atom stereocenters. The van der Waals surface area contributed by atoms with Gasteiger partial charge in [-0.25, -0.2) is 0 Å². The zero-order chi connectivity index (χ0) is 11.9. The molecule has 2 rings (SSSR count). The molecular formula is C14H17NOS. The average molecular weight is 247 g/mol. The predicted molar refractivity (Wildman–Crippen MR) is 72.7 cm³/mol. The summed E-state index contributed by atoms with van der Waals surface area (Å²) < 4.78 is 5.81. The van der Waals surface area contributed by atoms with Crippen LogP contribution < -0.4 is 10.5 Å². The second-order valence-electron chi connectivity index (χ2n) is 3.88. The fourth-order valence-corrected chi connectivity index (χ4v) is 2.42. The van der Waals surface area contributed by atoms with Crippen LogP contribution in [-0.4, -0.2) is 13.2 Å². The number of nitrogens with two attached hydrogens (primary N) is 1. The van der Waals surface area contributed by atoms with E-state index in [0.29, 0.717) is 6.54 Å². The molecule has 0 bridgehead atoms. The fraction of sp³-hybridized carbons (Fsp3) is 0.286. The highest BCUT2D eigenvalue weighted by atomic mass is 32.1. The SMILES string of the molecule is NCCc1ccccc1OCCc1ccsc1. The quantitative estimate of drug-likeness (QED) is 0.852. The first kappa shape index (κ1) is 12.1. The molecule has 2 N–H and O–H groups in total. The van der Waals surface area contributed by atoms with Crippen molar-refractivity contribution in [3.05, 3.63) is 52.2 Å². The smallest absolute Gasteiger partial charge is 0.122 e. The molecule has 0 aliphatic carbocycles. The van der Waals surface area contributed by atoms with Gasteiger partial charge < -0.3 is 10.5 Å². The molecule has 1 aromatic carbocycles. The van der Waals surface area contributed by atoms with Crippen molar-refractivity contribution in [1.82, 2.24) is 0 Å². The number of ether oxygens (including phenoxy) is 1. The van der Waals surface area contributed by atoms with Crippen LogP contribution in [0.15, 0.2) is 41.1 Å². The summed E-state index contributed by atoms with van der Waals surface area (Å²) in [5, 5.41) is 4.26. The maximum absolute atomic E-state index is 5.81. The van der Waals surface area contributed by atoms with Crippen LogP contribution in [-0.2, 0) is 12.8 Å². The Kier molecular flexibility index (Phi) is 4.59. The van der Waals surface area contributed by atoms with Crippen LogP contribution in [0.2, 0.25) is 0 Å². The van der Waals surface area contributed by atoms with E-state index in [-0.39, 0.29) is 0 Å². The second-order valence-corrected chi connectivity index (χ2v) is 4.66. The summed E-state index contributed by atoms with van der Waals surface area (Å²) in [5.41, 5.74) is 8.11. The van der Waals surface area contributed by atoms with Crippen molar-refractivity contribution in [2.45, 2.75) is 12.8 Å². The molecule has 0 saturated carbocycles.